The Hall–Kier alpha value is -2.56. The first-order valence-corrected chi connectivity index (χ1v) is 6.73. The number of benzene rings is 2. The quantitative estimate of drug-likeness (QED) is 0.849. The van der Waals surface area contributed by atoms with Crippen molar-refractivity contribution in [2.75, 3.05) is 13.2 Å². The third kappa shape index (κ3) is 3.72. The average Bonchev–Trinajstić information content (AvgIpc) is 2.47. The monoisotopic (exact) mass is 290 g/mol. The highest BCUT2D eigenvalue weighted by atomic mass is 16.5. The van der Waals surface area contributed by atoms with Crippen LogP contribution in [-0.4, -0.2) is 23.4 Å². The van der Waals surface area contributed by atoms with Gasteiger partial charge in [-0.1, -0.05) is 0 Å². The molecular weight excluding hydrogens is 272 g/mol. The van der Waals surface area contributed by atoms with Gasteiger partial charge in [-0.2, -0.15) is 0 Å². The maximum atomic E-state index is 9.65. The standard InChI is InChI=1S/C16H18O5/c1-3-19-15-9-11(5-7-13(15)17)21-12-6-8-14(18)16(10-12)20-4-2/h5-10,17-18H,3-4H2,1-2H3. The second kappa shape index (κ2) is 6.74. The molecule has 0 aromatic heterocycles. The molecule has 0 amide bonds. The van der Waals surface area contributed by atoms with Gasteiger partial charge >= 0.3 is 0 Å². The Kier molecular flexibility index (Phi) is 4.77. The summed E-state index contributed by atoms with van der Waals surface area (Å²) in [6.45, 7) is 4.57. The van der Waals surface area contributed by atoms with E-state index in [0.717, 1.165) is 0 Å². The van der Waals surface area contributed by atoms with E-state index in [1.807, 2.05) is 13.8 Å². The summed E-state index contributed by atoms with van der Waals surface area (Å²) < 4.78 is 16.3. The third-order valence-electron chi connectivity index (χ3n) is 2.70. The number of phenolic OH excluding ortho intramolecular Hbond substituents is 2. The first-order chi connectivity index (χ1) is 10.1. The SMILES string of the molecule is CCOc1cc(Oc2ccc(O)c(OCC)c2)ccc1O. The van der Waals surface area contributed by atoms with Crippen LogP contribution in [0.4, 0.5) is 0 Å². The van der Waals surface area contributed by atoms with E-state index >= 15 is 0 Å². The van der Waals surface area contributed by atoms with E-state index in [9.17, 15) is 10.2 Å². The van der Waals surface area contributed by atoms with Gasteiger partial charge in [-0.3, -0.25) is 0 Å². The molecule has 21 heavy (non-hydrogen) atoms. The molecule has 5 nitrogen and oxygen atoms in total. The van der Waals surface area contributed by atoms with Crippen LogP contribution in [0.15, 0.2) is 36.4 Å². The molecule has 2 aromatic rings. The van der Waals surface area contributed by atoms with Crippen molar-refractivity contribution < 1.29 is 24.4 Å². The van der Waals surface area contributed by atoms with Crippen molar-refractivity contribution in [2.45, 2.75) is 13.8 Å². The van der Waals surface area contributed by atoms with E-state index in [-0.39, 0.29) is 11.5 Å². The van der Waals surface area contributed by atoms with Gasteiger partial charge in [0.1, 0.15) is 11.5 Å². The van der Waals surface area contributed by atoms with Gasteiger partial charge < -0.3 is 24.4 Å². The summed E-state index contributed by atoms with van der Waals surface area (Å²) in [5, 5.41) is 19.3. The van der Waals surface area contributed by atoms with Crippen LogP contribution in [0, 0.1) is 0 Å². The largest absolute Gasteiger partial charge is 0.504 e. The van der Waals surface area contributed by atoms with Gasteiger partial charge in [0.05, 0.1) is 13.2 Å². The summed E-state index contributed by atoms with van der Waals surface area (Å²) in [6.07, 6.45) is 0. The van der Waals surface area contributed by atoms with E-state index in [1.54, 1.807) is 24.3 Å². The summed E-state index contributed by atoms with van der Waals surface area (Å²) in [5.74, 6) is 1.88. The Morgan fingerprint density at radius 2 is 1.19 bits per heavy atom. The lowest BCUT2D eigenvalue weighted by atomic mass is 10.2. The van der Waals surface area contributed by atoms with Crippen molar-refractivity contribution in [2.24, 2.45) is 0 Å². The molecule has 0 fully saturated rings. The summed E-state index contributed by atoms with van der Waals surface area (Å²) in [7, 11) is 0. The van der Waals surface area contributed by atoms with Gasteiger partial charge in [-0.25, -0.2) is 0 Å². The molecule has 5 heteroatoms. The van der Waals surface area contributed by atoms with E-state index in [2.05, 4.69) is 0 Å². The van der Waals surface area contributed by atoms with Crippen molar-refractivity contribution in [3.63, 3.8) is 0 Å². The molecule has 2 rings (SSSR count). The number of aromatic hydroxyl groups is 2. The summed E-state index contributed by atoms with van der Waals surface area (Å²) >= 11 is 0. The predicted molar refractivity (Wildman–Crippen MR) is 78.6 cm³/mol. The fourth-order valence-electron chi connectivity index (χ4n) is 1.79. The van der Waals surface area contributed by atoms with E-state index in [0.29, 0.717) is 36.2 Å². The molecule has 0 aliphatic heterocycles. The molecule has 0 atom stereocenters. The molecule has 0 aliphatic carbocycles. The molecule has 0 bridgehead atoms. The highest BCUT2D eigenvalue weighted by molar-refractivity contribution is 5.48. The van der Waals surface area contributed by atoms with Crippen molar-refractivity contribution in [3.05, 3.63) is 36.4 Å². The molecule has 0 saturated heterocycles. The fraction of sp³-hybridized carbons (Fsp3) is 0.250. The molecular formula is C16H18O5. The van der Waals surface area contributed by atoms with Gasteiger partial charge in [0, 0.05) is 12.1 Å². The molecule has 0 radical (unpaired) electrons. The molecule has 112 valence electrons. The predicted octanol–water partition coefficient (Wildman–Crippen LogP) is 3.69. The van der Waals surface area contributed by atoms with Gasteiger partial charge in [-0.05, 0) is 38.1 Å². The number of hydrogen-bond acceptors (Lipinski definition) is 5. The summed E-state index contributed by atoms with van der Waals surface area (Å²) in [4.78, 5) is 0. The zero-order chi connectivity index (χ0) is 15.2. The van der Waals surface area contributed by atoms with Crippen LogP contribution in [-0.2, 0) is 0 Å². The fourth-order valence-corrected chi connectivity index (χ4v) is 1.79. The summed E-state index contributed by atoms with van der Waals surface area (Å²) in [5.41, 5.74) is 0. The number of rotatable bonds is 6. The Balaban J connectivity index is 2.21. The number of ether oxygens (including phenoxy) is 3. The van der Waals surface area contributed by atoms with Gasteiger partial charge in [0.15, 0.2) is 23.0 Å². The Morgan fingerprint density at radius 3 is 1.57 bits per heavy atom. The average molecular weight is 290 g/mol. The highest BCUT2D eigenvalue weighted by Gasteiger charge is 2.08. The summed E-state index contributed by atoms with van der Waals surface area (Å²) in [6, 6.07) is 9.47. The van der Waals surface area contributed by atoms with Crippen molar-refractivity contribution in [3.8, 4) is 34.5 Å². The molecule has 0 heterocycles. The van der Waals surface area contributed by atoms with Crippen molar-refractivity contribution in [1.82, 2.24) is 0 Å². The maximum Gasteiger partial charge on any atom is 0.164 e. The third-order valence-corrected chi connectivity index (χ3v) is 2.70. The molecule has 0 saturated carbocycles. The topological polar surface area (TPSA) is 68.2 Å². The molecule has 0 spiro atoms. The first-order valence-electron chi connectivity index (χ1n) is 6.73. The zero-order valence-electron chi connectivity index (χ0n) is 12.0. The molecule has 2 aromatic carbocycles. The van der Waals surface area contributed by atoms with Crippen LogP contribution >= 0.6 is 0 Å². The van der Waals surface area contributed by atoms with Crippen LogP contribution in [0.3, 0.4) is 0 Å². The van der Waals surface area contributed by atoms with Crippen molar-refractivity contribution >= 4 is 0 Å². The van der Waals surface area contributed by atoms with E-state index in [4.69, 9.17) is 14.2 Å². The lowest BCUT2D eigenvalue weighted by Gasteiger charge is -2.11. The van der Waals surface area contributed by atoms with Crippen molar-refractivity contribution in [1.29, 1.82) is 0 Å². The smallest absolute Gasteiger partial charge is 0.164 e. The maximum absolute atomic E-state index is 9.65. The van der Waals surface area contributed by atoms with Crippen LogP contribution in [0.5, 0.6) is 34.5 Å². The Bertz CT molecular complexity index is 556. The normalized spacial score (nSPS) is 10.2. The lowest BCUT2D eigenvalue weighted by molar-refractivity contribution is 0.313. The first kappa shape index (κ1) is 14.8. The zero-order valence-corrected chi connectivity index (χ0v) is 12.0. The molecule has 0 unspecified atom stereocenters. The van der Waals surface area contributed by atoms with Crippen LogP contribution in [0.1, 0.15) is 13.8 Å². The van der Waals surface area contributed by atoms with Gasteiger partial charge in [0.2, 0.25) is 0 Å². The van der Waals surface area contributed by atoms with E-state index < -0.39 is 0 Å². The minimum atomic E-state index is 0.0601. The minimum Gasteiger partial charge on any atom is -0.504 e. The van der Waals surface area contributed by atoms with E-state index in [1.165, 1.54) is 12.1 Å². The second-order valence-electron chi connectivity index (χ2n) is 4.23. The minimum absolute atomic E-state index is 0.0601. The highest BCUT2D eigenvalue weighted by Crippen LogP contribution is 2.35. The Labute approximate surface area is 123 Å². The molecule has 0 aliphatic rings. The Morgan fingerprint density at radius 1 is 0.762 bits per heavy atom. The number of hydrogen-bond donors (Lipinski definition) is 2. The van der Waals surface area contributed by atoms with Crippen LogP contribution in [0.25, 0.3) is 0 Å². The lowest BCUT2D eigenvalue weighted by Crippen LogP contribution is -1.94. The van der Waals surface area contributed by atoms with Crippen LogP contribution < -0.4 is 14.2 Å². The van der Waals surface area contributed by atoms with Gasteiger partial charge in [0.25, 0.3) is 0 Å². The number of phenols is 2. The van der Waals surface area contributed by atoms with Crippen LogP contribution in [0.2, 0.25) is 0 Å². The second-order valence-corrected chi connectivity index (χ2v) is 4.23. The van der Waals surface area contributed by atoms with Gasteiger partial charge in [-0.15, -0.1) is 0 Å². The molecule has 2 N–H and O–H groups in total.